The van der Waals surface area contributed by atoms with E-state index in [2.05, 4.69) is 20.8 Å². The van der Waals surface area contributed by atoms with Gasteiger partial charge in [-0.1, -0.05) is 24.6 Å². The van der Waals surface area contributed by atoms with E-state index in [1.165, 1.54) is 24.6 Å². The normalized spacial score (nSPS) is 15.7. The van der Waals surface area contributed by atoms with Crippen LogP contribution in [0.15, 0.2) is 23.4 Å². The second-order valence-electron chi connectivity index (χ2n) is 6.16. The molecule has 0 radical (unpaired) electrons. The van der Waals surface area contributed by atoms with Crippen molar-refractivity contribution in [1.82, 2.24) is 20.2 Å². The number of nitrogens with one attached hydrogen (secondary N) is 1. The predicted octanol–water partition coefficient (Wildman–Crippen LogP) is 2.92. The lowest BCUT2D eigenvalue weighted by molar-refractivity contribution is -0.115. The molecule has 140 valence electrons. The molecule has 8 nitrogen and oxygen atoms in total. The molecule has 1 fully saturated rings. The van der Waals surface area contributed by atoms with E-state index >= 15 is 0 Å². The fraction of sp³-hybridized carbons (Fsp3) is 0.529. The summed E-state index contributed by atoms with van der Waals surface area (Å²) >= 11 is 1.36. The van der Waals surface area contributed by atoms with Crippen molar-refractivity contribution in [1.29, 1.82) is 0 Å². The van der Waals surface area contributed by atoms with Crippen LogP contribution in [0.5, 0.6) is 11.5 Å². The molecule has 1 atom stereocenters. The van der Waals surface area contributed by atoms with Gasteiger partial charge in [0, 0.05) is 6.07 Å². The van der Waals surface area contributed by atoms with Crippen LogP contribution in [0.25, 0.3) is 0 Å². The SMILES string of the molecule is COc1ccc(OC)c(NC(=O)C(C)Sc2nnnn2C2CCCC2)c1. The van der Waals surface area contributed by atoms with Crippen LogP contribution < -0.4 is 14.8 Å². The Balaban J connectivity index is 1.68. The first-order valence-electron chi connectivity index (χ1n) is 8.59. The predicted molar refractivity (Wildman–Crippen MR) is 98.8 cm³/mol. The molecule has 3 rings (SSSR count). The van der Waals surface area contributed by atoms with Gasteiger partial charge in [-0.3, -0.25) is 4.79 Å². The number of tetrazole rings is 1. The van der Waals surface area contributed by atoms with Gasteiger partial charge < -0.3 is 14.8 Å². The minimum absolute atomic E-state index is 0.150. The van der Waals surface area contributed by atoms with Crippen LogP contribution in [-0.2, 0) is 4.79 Å². The summed E-state index contributed by atoms with van der Waals surface area (Å²) in [5.41, 5.74) is 0.569. The van der Waals surface area contributed by atoms with Crippen LogP contribution in [0, 0.1) is 0 Å². The van der Waals surface area contributed by atoms with Gasteiger partial charge in [0.1, 0.15) is 11.5 Å². The number of rotatable bonds is 7. The summed E-state index contributed by atoms with van der Waals surface area (Å²) in [5.74, 6) is 1.07. The Hall–Kier alpha value is -2.29. The van der Waals surface area contributed by atoms with Crippen molar-refractivity contribution in [3.8, 4) is 11.5 Å². The van der Waals surface area contributed by atoms with E-state index in [0.29, 0.717) is 28.4 Å². The standard InChI is InChI=1S/C17H23N5O3S/c1-11(26-17-19-20-21-22(17)12-6-4-5-7-12)16(23)18-14-10-13(24-2)8-9-15(14)25-3/h8-12H,4-7H2,1-3H3,(H,18,23). The Morgan fingerprint density at radius 1 is 1.31 bits per heavy atom. The Bertz CT molecular complexity index is 761. The number of amides is 1. The maximum atomic E-state index is 12.6. The number of thioether (sulfide) groups is 1. The lowest BCUT2D eigenvalue weighted by Gasteiger charge is -2.16. The monoisotopic (exact) mass is 377 g/mol. The third-order valence-electron chi connectivity index (χ3n) is 4.45. The van der Waals surface area contributed by atoms with Crippen LogP contribution >= 0.6 is 11.8 Å². The zero-order valence-electron chi connectivity index (χ0n) is 15.1. The largest absolute Gasteiger partial charge is 0.497 e. The molecule has 1 saturated carbocycles. The molecule has 1 aliphatic rings. The van der Waals surface area contributed by atoms with Gasteiger partial charge in [0.05, 0.1) is 31.2 Å². The highest BCUT2D eigenvalue weighted by molar-refractivity contribution is 8.00. The number of benzene rings is 1. The van der Waals surface area contributed by atoms with Gasteiger partial charge in [-0.05, 0) is 42.3 Å². The first kappa shape index (κ1) is 18.5. The summed E-state index contributed by atoms with van der Waals surface area (Å²) in [6, 6.07) is 5.60. The minimum atomic E-state index is -0.364. The maximum Gasteiger partial charge on any atom is 0.237 e. The van der Waals surface area contributed by atoms with Crippen molar-refractivity contribution in [3.05, 3.63) is 18.2 Å². The Morgan fingerprint density at radius 2 is 2.08 bits per heavy atom. The molecule has 0 saturated heterocycles. The summed E-state index contributed by atoms with van der Waals surface area (Å²) in [6.07, 6.45) is 4.56. The van der Waals surface area contributed by atoms with Gasteiger partial charge in [0.15, 0.2) is 0 Å². The van der Waals surface area contributed by atoms with Crippen molar-refractivity contribution in [2.75, 3.05) is 19.5 Å². The van der Waals surface area contributed by atoms with Gasteiger partial charge in [0.2, 0.25) is 11.1 Å². The summed E-state index contributed by atoms with van der Waals surface area (Å²) in [4.78, 5) is 12.6. The van der Waals surface area contributed by atoms with Crippen molar-refractivity contribution in [2.45, 2.75) is 49.1 Å². The molecular weight excluding hydrogens is 354 g/mol. The third kappa shape index (κ3) is 4.09. The fourth-order valence-electron chi connectivity index (χ4n) is 3.00. The van der Waals surface area contributed by atoms with E-state index < -0.39 is 0 Å². The van der Waals surface area contributed by atoms with Crippen LogP contribution in [0.4, 0.5) is 5.69 Å². The minimum Gasteiger partial charge on any atom is -0.497 e. The Morgan fingerprint density at radius 3 is 2.77 bits per heavy atom. The number of carbonyl (C=O) groups excluding carboxylic acids is 1. The van der Waals surface area contributed by atoms with E-state index in [4.69, 9.17) is 9.47 Å². The second-order valence-corrected chi connectivity index (χ2v) is 7.47. The summed E-state index contributed by atoms with van der Waals surface area (Å²) in [7, 11) is 3.14. The maximum absolute atomic E-state index is 12.6. The molecule has 1 aliphatic carbocycles. The van der Waals surface area contributed by atoms with Crippen LogP contribution in [0.1, 0.15) is 38.6 Å². The average molecular weight is 377 g/mol. The Kier molecular flexibility index (Phi) is 5.97. The van der Waals surface area contributed by atoms with Gasteiger partial charge >= 0.3 is 0 Å². The first-order valence-corrected chi connectivity index (χ1v) is 9.47. The lowest BCUT2D eigenvalue weighted by atomic mass is 10.2. The number of ether oxygens (including phenoxy) is 2. The van der Waals surface area contributed by atoms with Gasteiger partial charge in [0.25, 0.3) is 0 Å². The van der Waals surface area contributed by atoms with Crippen LogP contribution in [0.3, 0.4) is 0 Å². The molecule has 26 heavy (non-hydrogen) atoms. The number of methoxy groups -OCH3 is 2. The van der Waals surface area contributed by atoms with Crippen LogP contribution in [-0.4, -0.2) is 45.6 Å². The molecule has 0 spiro atoms. The molecule has 9 heteroatoms. The fourth-order valence-corrected chi connectivity index (χ4v) is 3.86. The van der Waals surface area contributed by atoms with Crippen LogP contribution in [0.2, 0.25) is 0 Å². The van der Waals surface area contributed by atoms with E-state index in [1.54, 1.807) is 32.4 Å². The highest BCUT2D eigenvalue weighted by Gasteiger charge is 2.25. The number of nitrogens with zero attached hydrogens (tertiary/aromatic N) is 4. The van der Waals surface area contributed by atoms with E-state index in [-0.39, 0.29) is 11.2 Å². The van der Waals surface area contributed by atoms with Gasteiger partial charge in [-0.15, -0.1) is 5.10 Å². The van der Waals surface area contributed by atoms with Crippen molar-refractivity contribution >= 4 is 23.4 Å². The zero-order chi connectivity index (χ0) is 18.5. The van der Waals surface area contributed by atoms with Gasteiger partial charge in [-0.25, -0.2) is 4.68 Å². The van der Waals surface area contributed by atoms with E-state index in [0.717, 1.165) is 12.8 Å². The highest BCUT2D eigenvalue weighted by Crippen LogP contribution is 2.33. The molecule has 1 aromatic heterocycles. The van der Waals surface area contributed by atoms with Crippen molar-refractivity contribution < 1.29 is 14.3 Å². The Labute approximate surface area is 156 Å². The molecule has 1 N–H and O–H groups in total. The molecule has 1 aromatic carbocycles. The summed E-state index contributed by atoms with van der Waals surface area (Å²) < 4.78 is 12.4. The second kappa shape index (κ2) is 8.39. The van der Waals surface area contributed by atoms with E-state index in [1.807, 2.05) is 11.6 Å². The molecule has 1 unspecified atom stereocenters. The molecular formula is C17H23N5O3S. The number of hydrogen-bond acceptors (Lipinski definition) is 7. The third-order valence-corrected chi connectivity index (χ3v) is 5.50. The highest BCUT2D eigenvalue weighted by atomic mass is 32.2. The van der Waals surface area contributed by atoms with Crippen molar-refractivity contribution in [2.24, 2.45) is 0 Å². The topological polar surface area (TPSA) is 91.2 Å². The van der Waals surface area contributed by atoms with Gasteiger partial charge in [-0.2, -0.15) is 0 Å². The molecule has 2 aromatic rings. The molecule has 0 aliphatic heterocycles. The molecule has 1 amide bonds. The molecule has 0 bridgehead atoms. The number of hydrogen-bond donors (Lipinski definition) is 1. The number of carbonyl (C=O) groups is 1. The first-order chi connectivity index (χ1) is 12.6. The average Bonchev–Trinajstić information content (AvgIpc) is 3.32. The summed E-state index contributed by atoms with van der Waals surface area (Å²) in [5, 5.41) is 15.2. The van der Waals surface area contributed by atoms with E-state index in [9.17, 15) is 4.79 Å². The quantitative estimate of drug-likeness (QED) is 0.742. The number of aromatic nitrogens is 4. The van der Waals surface area contributed by atoms with Crippen molar-refractivity contribution in [3.63, 3.8) is 0 Å². The lowest BCUT2D eigenvalue weighted by Crippen LogP contribution is -2.23. The summed E-state index contributed by atoms with van der Waals surface area (Å²) in [6.45, 7) is 1.83. The number of anilines is 1. The zero-order valence-corrected chi connectivity index (χ0v) is 16.0. The molecule has 1 heterocycles. The smallest absolute Gasteiger partial charge is 0.237 e.